The molecule has 0 radical (unpaired) electrons. The highest BCUT2D eigenvalue weighted by atomic mass is 79.9. The summed E-state index contributed by atoms with van der Waals surface area (Å²) in [6.07, 6.45) is 0.111. The molecule has 0 fully saturated rings. The van der Waals surface area contributed by atoms with Gasteiger partial charge in [-0.25, -0.2) is 4.39 Å². The molecule has 0 aromatic heterocycles. The fourth-order valence-electron chi connectivity index (χ4n) is 1.07. The van der Waals surface area contributed by atoms with Crippen molar-refractivity contribution in [3.05, 3.63) is 34.1 Å². The van der Waals surface area contributed by atoms with Crippen molar-refractivity contribution < 1.29 is 4.39 Å². The molecule has 1 rings (SSSR count). The molecule has 0 aliphatic rings. The van der Waals surface area contributed by atoms with Crippen molar-refractivity contribution >= 4 is 28.3 Å². The predicted molar refractivity (Wildman–Crippen MR) is 58.5 cm³/mol. The van der Waals surface area contributed by atoms with Crippen LogP contribution in [0.3, 0.4) is 0 Å². The highest BCUT2D eigenvalue weighted by Gasteiger charge is 2.13. The molecule has 5 heteroatoms. The third-order valence-corrected chi connectivity index (χ3v) is 2.37. The van der Waals surface area contributed by atoms with E-state index in [-0.39, 0.29) is 24.6 Å². The van der Waals surface area contributed by atoms with Gasteiger partial charge in [0.25, 0.3) is 0 Å². The summed E-state index contributed by atoms with van der Waals surface area (Å²) in [4.78, 5) is 0. The second-order valence-corrected chi connectivity index (χ2v) is 3.46. The van der Waals surface area contributed by atoms with E-state index in [0.29, 0.717) is 10.0 Å². The molecule has 76 valence electrons. The van der Waals surface area contributed by atoms with E-state index in [2.05, 4.69) is 15.9 Å². The van der Waals surface area contributed by atoms with E-state index in [1.807, 2.05) is 6.07 Å². The lowest BCUT2D eigenvalue weighted by Gasteiger charge is -2.10. The van der Waals surface area contributed by atoms with Gasteiger partial charge in [-0.2, -0.15) is 5.26 Å². The lowest BCUT2D eigenvalue weighted by Crippen LogP contribution is -2.11. The molecule has 1 aromatic carbocycles. The number of rotatable bonds is 2. The molecule has 0 spiro atoms. The Bertz CT molecular complexity index is 331. The zero-order valence-electron chi connectivity index (χ0n) is 7.21. The summed E-state index contributed by atoms with van der Waals surface area (Å²) < 4.78 is 13.8. The number of benzene rings is 1. The Morgan fingerprint density at radius 1 is 1.57 bits per heavy atom. The van der Waals surface area contributed by atoms with Crippen molar-refractivity contribution in [2.45, 2.75) is 12.5 Å². The second kappa shape index (κ2) is 5.97. The van der Waals surface area contributed by atoms with E-state index in [9.17, 15) is 4.39 Å². The first-order valence-electron chi connectivity index (χ1n) is 3.73. The van der Waals surface area contributed by atoms with Crippen LogP contribution in [-0.2, 0) is 0 Å². The van der Waals surface area contributed by atoms with Crippen LogP contribution in [0, 0.1) is 17.1 Å². The summed E-state index contributed by atoms with van der Waals surface area (Å²) in [5, 5.41) is 8.41. The third kappa shape index (κ3) is 2.95. The monoisotopic (exact) mass is 278 g/mol. The van der Waals surface area contributed by atoms with E-state index >= 15 is 0 Å². The van der Waals surface area contributed by atoms with Gasteiger partial charge in [-0.1, -0.05) is 22.0 Å². The van der Waals surface area contributed by atoms with Crippen molar-refractivity contribution in [1.82, 2.24) is 0 Å². The minimum absolute atomic E-state index is 0. The number of nitrogens with zero attached hydrogens (tertiary/aromatic N) is 1. The highest BCUT2D eigenvalue weighted by molar-refractivity contribution is 9.10. The normalized spacial score (nSPS) is 11.3. The van der Waals surface area contributed by atoms with Crippen molar-refractivity contribution in [2.75, 3.05) is 0 Å². The van der Waals surface area contributed by atoms with Crippen LogP contribution in [0.1, 0.15) is 18.0 Å². The van der Waals surface area contributed by atoms with E-state index in [1.165, 1.54) is 6.07 Å². The van der Waals surface area contributed by atoms with Crippen molar-refractivity contribution in [3.63, 3.8) is 0 Å². The number of hydrogen-bond donors (Lipinski definition) is 1. The molecule has 2 nitrogen and oxygen atoms in total. The molecular weight excluding hydrogens is 270 g/mol. The maximum absolute atomic E-state index is 13.2. The van der Waals surface area contributed by atoms with Gasteiger partial charge in [0.2, 0.25) is 0 Å². The fourth-order valence-corrected chi connectivity index (χ4v) is 1.70. The lowest BCUT2D eigenvalue weighted by molar-refractivity contribution is 0.582. The molecule has 0 saturated heterocycles. The van der Waals surface area contributed by atoms with Crippen molar-refractivity contribution in [1.29, 1.82) is 5.26 Å². The molecule has 0 aliphatic carbocycles. The predicted octanol–water partition coefficient (Wildman–Crippen LogP) is 2.92. The third-order valence-electron chi connectivity index (χ3n) is 1.68. The number of halogens is 3. The molecule has 1 atom stereocenters. The number of nitrogens with two attached hydrogens (primary N) is 1. The summed E-state index contributed by atoms with van der Waals surface area (Å²) in [5.41, 5.74) is 5.98. The van der Waals surface area contributed by atoms with Gasteiger partial charge in [0.05, 0.1) is 12.5 Å². The summed E-state index contributed by atoms with van der Waals surface area (Å²) >= 11 is 3.19. The van der Waals surface area contributed by atoms with E-state index in [4.69, 9.17) is 11.0 Å². The molecule has 0 unspecified atom stereocenters. The second-order valence-electron chi connectivity index (χ2n) is 2.60. The molecule has 0 aliphatic heterocycles. The maximum atomic E-state index is 13.2. The molecule has 1 aromatic rings. The minimum atomic E-state index is -0.569. The average molecular weight is 280 g/mol. The Morgan fingerprint density at radius 3 is 2.71 bits per heavy atom. The van der Waals surface area contributed by atoms with Crippen LogP contribution in [0.15, 0.2) is 22.7 Å². The molecule has 2 N–H and O–H groups in total. The zero-order chi connectivity index (χ0) is 9.84. The molecule has 0 amide bonds. The quantitative estimate of drug-likeness (QED) is 0.905. The summed E-state index contributed by atoms with van der Waals surface area (Å²) in [7, 11) is 0. The first-order chi connectivity index (χ1) is 6.16. The number of hydrogen-bond acceptors (Lipinski definition) is 2. The van der Waals surface area contributed by atoms with Crippen LogP contribution in [0.5, 0.6) is 0 Å². The standard InChI is InChI=1S/C9H8BrFN2.ClH/c10-6-2-1-3-7(11)9(6)8(13)4-5-12;/h1-3,8H,4,13H2;1H/t8-;/m1./s1. The Labute approximate surface area is 96.4 Å². The first-order valence-corrected chi connectivity index (χ1v) is 4.52. The van der Waals surface area contributed by atoms with E-state index < -0.39 is 6.04 Å². The highest BCUT2D eigenvalue weighted by Crippen LogP contribution is 2.26. The van der Waals surface area contributed by atoms with Gasteiger partial charge in [-0.15, -0.1) is 12.4 Å². The van der Waals surface area contributed by atoms with Gasteiger partial charge in [-0.05, 0) is 12.1 Å². The molecular formula is C9H9BrClFN2. The summed E-state index contributed by atoms with van der Waals surface area (Å²) in [6, 6.07) is 5.96. The minimum Gasteiger partial charge on any atom is -0.323 e. The van der Waals surface area contributed by atoms with Gasteiger partial charge in [-0.3, -0.25) is 0 Å². The van der Waals surface area contributed by atoms with Crippen LogP contribution in [-0.4, -0.2) is 0 Å². The van der Waals surface area contributed by atoms with Crippen LogP contribution in [0.2, 0.25) is 0 Å². The van der Waals surface area contributed by atoms with Crippen LogP contribution in [0.25, 0.3) is 0 Å². The smallest absolute Gasteiger partial charge is 0.129 e. The van der Waals surface area contributed by atoms with Crippen molar-refractivity contribution in [2.24, 2.45) is 5.73 Å². The molecule has 0 heterocycles. The van der Waals surface area contributed by atoms with Gasteiger partial charge < -0.3 is 5.73 Å². The van der Waals surface area contributed by atoms with Gasteiger partial charge in [0.1, 0.15) is 5.82 Å². The SMILES string of the molecule is Cl.N#CC[C@@H](N)c1c(F)cccc1Br. The summed E-state index contributed by atoms with van der Waals surface area (Å²) in [6.45, 7) is 0. The van der Waals surface area contributed by atoms with E-state index in [0.717, 1.165) is 0 Å². The fraction of sp³-hybridized carbons (Fsp3) is 0.222. The maximum Gasteiger partial charge on any atom is 0.129 e. The Kier molecular flexibility index (Phi) is 5.70. The lowest BCUT2D eigenvalue weighted by atomic mass is 10.1. The molecule has 0 saturated carbocycles. The molecule has 14 heavy (non-hydrogen) atoms. The van der Waals surface area contributed by atoms with Crippen molar-refractivity contribution in [3.8, 4) is 6.07 Å². The first kappa shape index (κ1) is 13.4. The Balaban J connectivity index is 0.00000169. The van der Waals surface area contributed by atoms with Gasteiger partial charge >= 0.3 is 0 Å². The zero-order valence-corrected chi connectivity index (χ0v) is 9.61. The Hall–Kier alpha value is -0.630. The van der Waals surface area contributed by atoms with Crippen LogP contribution >= 0.6 is 28.3 Å². The van der Waals surface area contributed by atoms with Gasteiger partial charge in [0.15, 0.2) is 0 Å². The number of nitriles is 1. The molecule has 0 bridgehead atoms. The Morgan fingerprint density at radius 2 is 2.21 bits per heavy atom. The van der Waals surface area contributed by atoms with E-state index in [1.54, 1.807) is 12.1 Å². The largest absolute Gasteiger partial charge is 0.323 e. The summed E-state index contributed by atoms with van der Waals surface area (Å²) in [5.74, 6) is -0.378. The van der Waals surface area contributed by atoms with Crippen LogP contribution < -0.4 is 5.73 Å². The van der Waals surface area contributed by atoms with Crippen LogP contribution in [0.4, 0.5) is 4.39 Å². The average Bonchev–Trinajstić information content (AvgIpc) is 2.04. The topological polar surface area (TPSA) is 49.8 Å². The van der Waals surface area contributed by atoms with Gasteiger partial charge in [0, 0.05) is 16.1 Å².